The van der Waals surface area contributed by atoms with E-state index in [1.807, 2.05) is 4.90 Å². The minimum Gasteiger partial charge on any atom is -0.340 e. The summed E-state index contributed by atoms with van der Waals surface area (Å²) in [5.41, 5.74) is 0. The van der Waals surface area contributed by atoms with E-state index < -0.39 is 0 Å². The molecule has 0 bridgehead atoms. The maximum atomic E-state index is 11.7. The zero-order valence-electron chi connectivity index (χ0n) is 9.62. The van der Waals surface area contributed by atoms with E-state index in [4.69, 9.17) is 0 Å². The van der Waals surface area contributed by atoms with Crippen LogP contribution in [0.15, 0.2) is 0 Å². The molecule has 0 aliphatic carbocycles. The lowest BCUT2D eigenvalue weighted by atomic mass is 10.2. The van der Waals surface area contributed by atoms with Crippen molar-refractivity contribution < 1.29 is 4.79 Å². The Morgan fingerprint density at radius 3 is 2.57 bits per heavy atom. The zero-order valence-corrected chi connectivity index (χ0v) is 9.62. The molecule has 0 aromatic carbocycles. The van der Waals surface area contributed by atoms with Gasteiger partial charge in [-0.3, -0.25) is 9.69 Å². The molecule has 1 aliphatic heterocycles. The molecule has 3 nitrogen and oxygen atoms in total. The van der Waals surface area contributed by atoms with Crippen molar-refractivity contribution in [2.75, 3.05) is 26.2 Å². The number of carbonyl (C=O) groups is 1. The maximum absolute atomic E-state index is 11.7. The fourth-order valence-electron chi connectivity index (χ4n) is 1.87. The van der Waals surface area contributed by atoms with E-state index in [9.17, 15) is 4.79 Å². The van der Waals surface area contributed by atoms with Crippen LogP contribution in [0, 0.1) is 0 Å². The van der Waals surface area contributed by atoms with Crippen molar-refractivity contribution in [3.63, 3.8) is 0 Å². The second-order valence-electron chi connectivity index (χ2n) is 4.11. The molecule has 0 aromatic rings. The molecule has 1 fully saturated rings. The van der Waals surface area contributed by atoms with Crippen molar-refractivity contribution in [1.82, 2.24) is 9.80 Å². The Kier molecular flexibility index (Phi) is 4.39. The Bertz CT molecular complexity index is 194. The number of piperazine rings is 1. The van der Waals surface area contributed by atoms with Gasteiger partial charge in [0.25, 0.3) is 0 Å². The molecular formula is C11H22N2O. The van der Waals surface area contributed by atoms with Crippen LogP contribution in [0.4, 0.5) is 0 Å². The van der Waals surface area contributed by atoms with E-state index in [0.717, 1.165) is 32.5 Å². The fourth-order valence-corrected chi connectivity index (χ4v) is 1.87. The summed E-state index contributed by atoms with van der Waals surface area (Å²) in [4.78, 5) is 16.0. The first kappa shape index (κ1) is 11.5. The molecule has 0 N–H and O–H groups in total. The number of hydrogen-bond donors (Lipinski definition) is 0. The van der Waals surface area contributed by atoms with Gasteiger partial charge < -0.3 is 4.90 Å². The lowest BCUT2D eigenvalue weighted by Gasteiger charge is -2.37. The first-order valence-corrected chi connectivity index (χ1v) is 5.70. The average Bonchev–Trinajstić information content (AvgIpc) is 2.20. The van der Waals surface area contributed by atoms with E-state index in [1.54, 1.807) is 0 Å². The quantitative estimate of drug-likeness (QED) is 0.680. The maximum Gasteiger partial charge on any atom is 0.236 e. The lowest BCUT2D eigenvalue weighted by molar-refractivity contribution is -0.136. The van der Waals surface area contributed by atoms with Crippen LogP contribution in [0.1, 0.15) is 33.6 Å². The highest BCUT2D eigenvalue weighted by molar-refractivity contribution is 5.79. The minimum atomic E-state index is 0.304. The average molecular weight is 198 g/mol. The van der Waals surface area contributed by atoms with Crippen molar-refractivity contribution in [2.24, 2.45) is 0 Å². The van der Waals surface area contributed by atoms with Crippen LogP contribution in [-0.2, 0) is 4.79 Å². The van der Waals surface area contributed by atoms with E-state index in [0.29, 0.717) is 18.5 Å². The summed E-state index contributed by atoms with van der Waals surface area (Å²) in [5, 5.41) is 0. The van der Waals surface area contributed by atoms with Crippen LogP contribution in [0.2, 0.25) is 0 Å². The Balaban J connectivity index is 2.42. The summed E-state index contributed by atoms with van der Waals surface area (Å²) >= 11 is 0. The van der Waals surface area contributed by atoms with Gasteiger partial charge in [0.2, 0.25) is 5.91 Å². The van der Waals surface area contributed by atoms with E-state index >= 15 is 0 Å². The molecule has 0 aromatic heterocycles. The van der Waals surface area contributed by atoms with Crippen LogP contribution in [0.3, 0.4) is 0 Å². The zero-order chi connectivity index (χ0) is 10.6. The second kappa shape index (κ2) is 5.35. The predicted octanol–water partition coefficient (Wildman–Crippen LogP) is 1.34. The first-order chi connectivity index (χ1) is 6.69. The van der Waals surface area contributed by atoms with Crippen LogP contribution >= 0.6 is 0 Å². The summed E-state index contributed by atoms with van der Waals surface area (Å²) in [7, 11) is 0. The van der Waals surface area contributed by atoms with Crippen molar-refractivity contribution in [3.8, 4) is 0 Å². The molecule has 3 heteroatoms. The van der Waals surface area contributed by atoms with Gasteiger partial charge in [0.05, 0.1) is 6.54 Å². The standard InChI is InChI=1S/C11H22N2O/c1-4-6-12-7-8-13(9-11(12)14)10(3)5-2/h10H,4-9H2,1-3H3. The summed E-state index contributed by atoms with van der Waals surface area (Å²) in [5.74, 6) is 0.304. The van der Waals surface area contributed by atoms with Gasteiger partial charge >= 0.3 is 0 Å². The van der Waals surface area contributed by atoms with Crippen molar-refractivity contribution in [2.45, 2.75) is 39.7 Å². The Hall–Kier alpha value is -0.570. The molecule has 14 heavy (non-hydrogen) atoms. The molecule has 1 heterocycles. The summed E-state index contributed by atoms with van der Waals surface area (Å²) in [6.07, 6.45) is 2.19. The van der Waals surface area contributed by atoms with Crippen LogP contribution in [0.5, 0.6) is 0 Å². The summed E-state index contributed by atoms with van der Waals surface area (Å²) in [6, 6.07) is 0.544. The van der Waals surface area contributed by atoms with Gasteiger partial charge in [-0.25, -0.2) is 0 Å². The summed E-state index contributed by atoms with van der Waals surface area (Å²) < 4.78 is 0. The molecule has 82 valence electrons. The molecule has 1 unspecified atom stereocenters. The molecule has 0 saturated carbocycles. The Morgan fingerprint density at radius 2 is 2.07 bits per heavy atom. The predicted molar refractivity (Wildman–Crippen MR) is 58.2 cm³/mol. The molecule has 1 rings (SSSR count). The normalized spacial score (nSPS) is 21.4. The third-order valence-electron chi connectivity index (χ3n) is 3.06. The highest BCUT2D eigenvalue weighted by atomic mass is 16.2. The first-order valence-electron chi connectivity index (χ1n) is 5.70. The third kappa shape index (κ3) is 2.71. The van der Waals surface area contributed by atoms with Crippen molar-refractivity contribution >= 4 is 5.91 Å². The van der Waals surface area contributed by atoms with Crippen LogP contribution in [-0.4, -0.2) is 47.9 Å². The molecular weight excluding hydrogens is 176 g/mol. The van der Waals surface area contributed by atoms with Gasteiger partial charge in [-0.1, -0.05) is 13.8 Å². The molecule has 1 saturated heterocycles. The van der Waals surface area contributed by atoms with Gasteiger partial charge in [0, 0.05) is 25.7 Å². The highest BCUT2D eigenvalue weighted by Crippen LogP contribution is 2.09. The molecule has 1 aliphatic rings. The van der Waals surface area contributed by atoms with Gasteiger partial charge in [0.1, 0.15) is 0 Å². The summed E-state index contributed by atoms with van der Waals surface area (Å²) in [6.45, 7) is 9.99. The van der Waals surface area contributed by atoms with Gasteiger partial charge in [-0.2, -0.15) is 0 Å². The highest BCUT2D eigenvalue weighted by Gasteiger charge is 2.25. The molecule has 1 amide bonds. The van der Waals surface area contributed by atoms with Crippen molar-refractivity contribution in [3.05, 3.63) is 0 Å². The third-order valence-corrected chi connectivity index (χ3v) is 3.06. The number of rotatable bonds is 4. The number of amides is 1. The van der Waals surface area contributed by atoms with E-state index in [-0.39, 0.29) is 0 Å². The fraction of sp³-hybridized carbons (Fsp3) is 0.909. The van der Waals surface area contributed by atoms with Gasteiger partial charge in [-0.15, -0.1) is 0 Å². The smallest absolute Gasteiger partial charge is 0.236 e. The minimum absolute atomic E-state index is 0.304. The van der Waals surface area contributed by atoms with Crippen LogP contribution in [0.25, 0.3) is 0 Å². The molecule has 0 spiro atoms. The topological polar surface area (TPSA) is 23.6 Å². The Labute approximate surface area is 87.1 Å². The van der Waals surface area contributed by atoms with Crippen molar-refractivity contribution in [1.29, 1.82) is 0 Å². The van der Waals surface area contributed by atoms with Gasteiger partial charge in [0.15, 0.2) is 0 Å². The molecule has 0 radical (unpaired) electrons. The number of nitrogens with zero attached hydrogens (tertiary/aromatic N) is 2. The lowest BCUT2D eigenvalue weighted by Crippen LogP contribution is -2.52. The van der Waals surface area contributed by atoms with E-state index in [1.165, 1.54) is 0 Å². The largest absolute Gasteiger partial charge is 0.340 e. The van der Waals surface area contributed by atoms with Crippen LogP contribution < -0.4 is 0 Å². The molecule has 1 atom stereocenters. The number of hydrogen-bond acceptors (Lipinski definition) is 2. The SMILES string of the molecule is CCCN1CCN(C(C)CC)CC1=O. The Morgan fingerprint density at radius 1 is 1.36 bits per heavy atom. The van der Waals surface area contributed by atoms with E-state index in [2.05, 4.69) is 25.7 Å². The van der Waals surface area contributed by atoms with Gasteiger partial charge in [-0.05, 0) is 19.8 Å². The number of carbonyl (C=O) groups excluding carboxylic acids is 1. The monoisotopic (exact) mass is 198 g/mol. The second-order valence-corrected chi connectivity index (χ2v) is 4.11.